The molecule has 3 aromatic rings. The van der Waals surface area contributed by atoms with Crippen LogP contribution in [0.3, 0.4) is 0 Å². The highest BCUT2D eigenvalue weighted by Gasteiger charge is 2.51. The van der Waals surface area contributed by atoms with Gasteiger partial charge < -0.3 is 14.8 Å². The van der Waals surface area contributed by atoms with E-state index in [4.69, 9.17) is 9.47 Å². The van der Waals surface area contributed by atoms with E-state index in [1.54, 1.807) is 13.8 Å². The van der Waals surface area contributed by atoms with Gasteiger partial charge in [-0.2, -0.15) is 0 Å². The molecule has 1 heterocycles. The number of carbonyl (C=O) groups excluding carboxylic acids is 1. The van der Waals surface area contributed by atoms with E-state index in [1.807, 2.05) is 67.6 Å². The second kappa shape index (κ2) is 9.26. The molecule has 7 nitrogen and oxygen atoms in total. The monoisotopic (exact) mass is 510 g/mol. The Hall–Kier alpha value is -3.36. The topological polar surface area (TPSA) is 93.7 Å². The number of benzene rings is 3. The molecule has 3 aromatic carbocycles. The second-order valence-electron chi connectivity index (χ2n) is 9.75. The summed E-state index contributed by atoms with van der Waals surface area (Å²) < 4.78 is 37.6. The van der Waals surface area contributed by atoms with Crippen LogP contribution in [0.2, 0.25) is 0 Å². The van der Waals surface area contributed by atoms with Crippen molar-refractivity contribution in [2.45, 2.75) is 50.8 Å². The number of anilines is 1. The van der Waals surface area contributed by atoms with Crippen molar-refractivity contribution in [3.8, 4) is 22.6 Å². The lowest BCUT2D eigenvalue weighted by Gasteiger charge is -2.17. The predicted octanol–water partition coefficient (Wildman–Crippen LogP) is 5.38. The number of ether oxygens (including phenoxy) is 2. The van der Waals surface area contributed by atoms with Crippen LogP contribution in [0.4, 0.5) is 5.69 Å². The number of sulfonamides is 1. The summed E-state index contributed by atoms with van der Waals surface area (Å²) in [5, 5.41) is 2.64. The van der Waals surface area contributed by atoms with Crippen molar-refractivity contribution < 1.29 is 25.5 Å². The molecule has 0 unspecified atom stereocenters. The highest BCUT2D eigenvalue weighted by Crippen LogP contribution is 2.51. The number of hydrogen-bond acceptors (Lipinski definition) is 5. The zero-order valence-corrected chi connectivity index (χ0v) is 21.4. The molecule has 1 aliphatic heterocycles. The van der Waals surface area contributed by atoms with Crippen LogP contribution >= 0.6 is 0 Å². The molecule has 2 N–H and O–H groups in total. The van der Waals surface area contributed by atoms with Crippen molar-refractivity contribution in [3.05, 3.63) is 77.4 Å². The van der Waals surface area contributed by atoms with Crippen LogP contribution in [0, 0.1) is 6.92 Å². The first-order valence-electron chi connectivity index (χ1n) is 12.1. The fraction of sp³-hybridized carbons (Fsp3) is 0.321. The molecule has 0 aromatic heterocycles. The van der Waals surface area contributed by atoms with Gasteiger partial charge in [0.25, 0.3) is 0 Å². The molecular weight excluding hydrogens is 476 g/mol. The van der Waals surface area contributed by atoms with Crippen LogP contribution < -0.4 is 19.5 Å². The summed E-state index contributed by atoms with van der Waals surface area (Å²) in [4.78, 5) is 13.3. The second-order valence-corrected chi connectivity index (χ2v) is 12.1. The van der Waals surface area contributed by atoms with E-state index in [-0.39, 0.29) is 22.1 Å². The van der Waals surface area contributed by atoms with Crippen LogP contribution in [-0.2, 0) is 26.8 Å². The summed E-state index contributed by atoms with van der Waals surface area (Å²) in [6.45, 7) is 5.79. The minimum atomic E-state index is -3.32. The fourth-order valence-corrected chi connectivity index (χ4v) is 5.08. The number of aryl methyl sites for hydroxylation is 1. The largest absolute Gasteiger partial charge is 0.454 e. The van der Waals surface area contributed by atoms with Crippen molar-refractivity contribution in [1.82, 2.24) is 4.72 Å². The van der Waals surface area contributed by atoms with Crippen molar-refractivity contribution >= 4 is 21.6 Å². The van der Waals surface area contributed by atoms with Crippen LogP contribution in [0.25, 0.3) is 11.1 Å². The molecule has 0 spiro atoms. The van der Waals surface area contributed by atoms with Crippen LogP contribution in [0.5, 0.6) is 11.5 Å². The Labute approximate surface area is 214 Å². The Morgan fingerprint density at radius 3 is 2.42 bits per heavy atom. The molecule has 0 atom stereocenters. The van der Waals surface area contributed by atoms with E-state index in [2.05, 4.69) is 10.0 Å². The Morgan fingerprint density at radius 2 is 1.72 bits per heavy atom. The first-order chi connectivity index (χ1) is 17.2. The smallest absolute Gasteiger partial charge is 0.235 e. The summed E-state index contributed by atoms with van der Waals surface area (Å²) in [6.07, 6.45) is 1.58. The van der Waals surface area contributed by atoms with Gasteiger partial charge in [-0.05, 0) is 85.7 Å². The first kappa shape index (κ1) is 24.3. The van der Waals surface area contributed by atoms with Gasteiger partial charge in [-0.15, -0.1) is 0 Å². The summed E-state index contributed by atoms with van der Waals surface area (Å²) in [5.74, 6) is 1.37. The Kier molecular flexibility index (Phi) is 6.26. The maximum atomic E-state index is 13.3. The highest BCUT2D eigenvalue weighted by atomic mass is 32.2. The van der Waals surface area contributed by atoms with E-state index in [1.165, 1.54) is 0 Å². The first-order valence-corrected chi connectivity index (χ1v) is 13.6. The summed E-state index contributed by atoms with van der Waals surface area (Å²) in [7, 11) is -3.32. The van der Waals surface area contributed by atoms with E-state index < -0.39 is 20.7 Å². The lowest BCUT2D eigenvalue weighted by Crippen LogP contribution is -2.30. The lowest BCUT2D eigenvalue weighted by molar-refractivity contribution is -0.118. The van der Waals surface area contributed by atoms with Crippen LogP contribution in [0.15, 0.2) is 60.7 Å². The number of amides is 1. The number of nitrogens with one attached hydrogen (secondary N) is 2. The minimum Gasteiger partial charge on any atom is -0.454 e. The third-order valence-corrected chi connectivity index (χ3v) is 8.76. The molecule has 1 fully saturated rings. The molecule has 1 saturated carbocycles. The predicted molar refractivity (Wildman–Crippen MR) is 144 cm³/mol. The Balaban J connectivity index is 0.00000200. The molecule has 0 saturated heterocycles. The van der Waals surface area contributed by atoms with Gasteiger partial charge >= 0.3 is 0 Å². The quantitative estimate of drug-likeness (QED) is 0.424. The maximum absolute atomic E-state index is 13.3. The summed E-state index contributed by atoms with van der Waals surface area (Å²) in [5.41, 5.74) is 5.10. The van der Waals surface area contributed by atoms with Gasteiger partial charge in [0, 0.05) is 15.1 Å². The van der Waals surface area contributed by atoms with E-state index in [0.717, 1.165) is 46.3 Å². The molecule has 192 valence electrons. The molecule has 2 aliphatic rings. The standard InChI is InChI=1S/C28H30N2O5S.2H2/c1-18(2)36(32,33)29-16-20-5-7-21(8-6-20)24-15-23(10-4-19(24)3)30-27(31)28(12-13-28)22-9-11-25-26(14-22)35-17-34-25;;/h4-11,14-15,18,29H,12-13,16-17H2,1-3H3,(H,30,31);2*1H. The number of fused-ring (bicyclic) bond motifs is 1. The molecular formula is C28H34N2O5S. The summed E-state index contributed by atoms with van der Waals surface area (Å²) >= 11 is 0. The molecule has 1 aliphatic carbocycles. The van der Waals surface area contributed by atoms with Crippen molar-refractivity contribution in [2.75, 3.05) is 12.1 Å². The van der Waals surface area contributed by atoms with E-state index >= 15 is 0 Å². The van der Waals surface area contributed by atoms with Crippen molar-refractivity contribution in [2.24, 2.45) is 0 Å². The zero-order valence-electron chi connectivity index (χ0n) is 20.6. The Morgan fingerprint density at radius 1 is 1.00 bits per heavy atom. The van der Waals surface area contributed by atoms with Crippen molar-refractivity contribution in [1.29, 1.82) is 0 Å². The maximum Gasteiger partial charge on any atom is 0.235 e. The molecule has 0 bridgehead atoms. The molecule has 36 heavy (non-hydrogen) atoms. The minimum absolute atomic E-state index is 0. The Bertz CT molecular complexity index is 1420. The van der Waals surface area contributed by atoms with Crippen LogP contribution in [-0.4, -0.2) is 26.4 Å². The van der Waals surface area contributed by atoms with Gasteiger partial charge in [0.2, 0.25) is 22.7 Å². The molecule has 5 rings (SSSR count). The van der Waals surface area contributed by atoms with Gasteiger partial charge in [0.15, 0.2) is 11.5 Å². The average Bonchev–Trinajstić information content (AvgIpc) is 3.55. The van der Waals surface area contributed by atoms with E-state index in [0.29, 0.717) is 11.5 Å². The van der Waals surface area contributed by atoms with Gasteiger partial charge in [0.05, 0.1) is 10.7 Å². The van der Waals surface area contributed by atoms with Crippen LogP contribution in [0.1, 0.15) is 46.2 Å². The van der Waals surface area contributed by atoms with E-state index in [9.17, 15) is 13.2 Å². The number of rotatable bonds is 8. The number of hydrogen-bond donors (Lipinski definition) is 2. The third-order valence-electron chi connectivity index (χ3n) is 6.97. The van der Waals surface area contributed by atoms with Gasteiger partial charge in [-0.3, -0.25) is 4.79 Å². The lowest BCUT2D eigenvalue weighted by atomic mass is 9.94. The normalized spacial score (nSPS) is 15.7. The number of carbonyl (C=O) groups is 1. The third kappa shape index (κ3) is 4.70. The van der Waals surface area contributed by atoms with Gasteiger partial charge in [-0.25, -0.2) is 13.1 Å². The van der Waals surface area contributed by atoms with Crippen molar-refractivity contribution in [3.63, 3.8) is 0 Å². The molecule has 0 radical (unpaired) electrons. The van der Waals surface area contributed by atoms with Gasteiger partial charge in [0.1, 0.15) is 0 Å². The molecule has 1 amide bonds. The zero-order chi connectivity index (χ0) is 25.5. The summed E-state index contributed by atoms with van der Waals surface area (Å²) in [6, 6.07) is 19.4. The fourth-order valence-electron chi connectivity index (χ4n) is 4.38. The molecule has 8 heteroatoms. The van der Waals surface area contributed by atoms with Gasteiger partial charge in [-0.1, -0.05) is 36.4 Å². The average molecular weight is 511 g/mol. The SMILES string of the molecule is Cc1ccc(NC(=O)C2(c3ccc4c(c3)OCO4)CC2)cc1-c1ccc(CNS(=O)(=O)C(C)C)cc1.[HH].[HH]. The highest BCUT2D eigenvalue weighted by molar-refractivity contribution is 7.90.